The first-order chi connectivity index (χ1) is 18.5. The van der Waals surface area contributed by atoms with Crippen molar-refractivity contribution in [3.63, 3.8) is 0 Å². The Morgan fingerprint density at radius 2 is 1.87 bits per heavy atom. The Balaban J connectivity index is 1.31. The summed E-state index contributed by atoms with van der Waals surface area (Å²) in [6, 6.07) is 5.36. The third kappa shape index (κ3) is 5.79. The van der Waals surface area contributed by atoms with E-state index in [1.165, 1.54) is 4.90 Å². The molecule has 39 heavy (non-hydrogen) atoms. The van der Waals surface area contributed by atoms with Crippen molar-refractivity contribution < 1.29 is 27.6 Å². The molecule has 5 rings (SSSR count). The Hall–Kier alpha value is -2.28. The Kier molecular flexibility index (Phi) is 7.93. The molecule has 0 aromatic heterocycles. The number of likely N-dealkylation sites (tertiary alicyclic amines) is 1. The van der Waals surface area contributed by atoms with E-state index in [0.29, 0.717) is 48.6 Å². The molecule has 3 N–H and O–H groups in total. The van der Waals surface area contributed by atoms with E-state index >= 15 is 0 Å². The van der Waals surface area contributed by atoms with Crippen LogP contribution in [0.4, 0.5) is 18.9 Å². The van der Waals surface area contributed by atoms with Crippen molar-refractivity contribution in [2.45, 2.75) is 49.9 Å². The van der Waals surface area contributed by atoms with Crippen LogP contribution in [-0.4, -0.2) is 84.7 Å². The first-order valence-electron chi connectivity index (χ1n) is 13.1. The summed E-state index contributed by atoms with van der Waals surface area (Å²) in [7, 11) is 0. The topological polar surface area (TPSA) is 97.0 Å². The number of amides is 3. The molecule has 4 fully saturated rings. The average molecular weight is 591 g/mol. The molecule has 1 aliphatic carbocycles. The number of piperidine rings is 1. The maximum Gasteiger partial charge on any atom is 0.405 e. The van der Waals surface area contributed by atoms with Gasteiger partial charge in [-0.25, -0.2) is 0 Å². The first kappa shape index (κ1) is 28.3. The van der Waals surface area contributed by atoms with Gasteiger partial charge < -0.3 is 20.0 Å². The molecule has 3 aliphatic heterocycles. The highest BCUT2D eigenvalue weighted by Gasteiger charge is 2.55. The van der Waals surface area contributed by atoms with Crippen molar-refractivity contribution in [2.24, 2.45) is 11.8 Å². The number of carbonyl (C=O) groups is 3. The molecule has 14 heteroatoms. The summed E-state index contributed by atoms with van der Waals surface area (Å²) in [6.45, 7) is -0.423. The quantitative estimate of drug-likeness (QED) is 0.488. The number of halogens is 5. The fourth-order valence-corrected chi connectivity index (χ4v) is 6.67. The minimum atomic E-state index is -4.55. The zero-order valence-electron chi connectivity index (χ0n) is 21.2. The molecule has 214 valence electrons. The van der Waals surface area contributed by atoms with Crippen LogP contribution in [0.3, 0.4) is 0 Å². The summed E-state index contributed by atoms with van der Waals surface area (Å²) in [6.07, 6.45) is -1.35. The van der Waals surface area contributed by atoms with Crippen molar-refractivity contribution in [1.82, 2.24) is 26.0 Å². The van der Waals surface area contributed by atoms with Crippen LogP contribution in [-0.2, 0) is 14.4 Å². The summed E-state index contributed by atoms with van der Waals surface area (Å²) in [5.41, 5.74) is 6.00. The van der Waals surface area contributed by atoms with Crippen molar-refractivity contribution in [1.29, 1.82) is 0 Å². The summed E-state index contributed by atoms with van der Waals surface area (Å²) in [5.74, 6) is -0.786. The Bertz CT molecular complexity index is 1130. The second-order valence-electron chi connectivity index (χ2n) is 10.8. The number of hydrogen-bond donors (Lipinski definition) is 3. The largest absolute Gasteiger partial charge is 0.405 e. The molecule has 3 unspecified atom stereocenters. The van der Waals surface area contributed by atoms with Crippen molar-refractivity contribution in [3.05, 3.63) is 28.2 Å². The summed E-state index contributed by atoms with van der Waals surface area (Å²) >= 11 is 12.4. The Morgan fingerprint density at radius 1 is 1.13 bits per heavy atom. The number of anilines is 1. The van der Waals surface area contributed by atoms with E-state index in [1.54, 1.807) is 18.2 Å². The number of benzene rings is 1. The zero-order chi connectivity index (χ0) is 27.9. The van der Waals surface area contributed by atoms with Crippen LogP contribution in [0.1, 0.15) is 32.1 Å². The van der Waals surface area contributed by atoms with E-state index in [4.69, 9.17) is 23.2 Å². The lowest BCUT2D eigenvalue weighted by Crippen LogP contribution is -2.58. The van der Waals surface area contributed by atoms with E-state index in [-0.39, 0.29) is 29.4 Å². The fraction of sp³-hybridized carbons (Fsp3) is 0.640. The molecule has 0 radical (unpaired) electrons. The van der Waals surface area contributed by atoms with Gasteiger partial charge in [-0.15, -0.1) is 0 Å². The maximum absolute atomic E-state index is 13.8. The van der Waals surface area contributed by atoms with Gasteiger partial charge in [-0.2, -0.15) is 13.2 Å². The number of nitrogens with one attached hydrogen (secondary N) is 3. The SMILES string of the molecule is O=C(CN1CN(c2ccc(Cl)c(Cl)c2)C2(CCN(C(=O)C3CCC4NNCC4C3)CC2)C1=O)NCC(F)(F)F. The fourth-order valence-electron chi connectivity index (χ4n) is 6.38. The summed E-state index contributed by atoms with van der Waals surface area (Å²) in [4.78, 5) is 44.4. The van der Waals surface area contributed by atoms with Gasteiger partial charge in [-0.05, 0) is 56.2 Å². The molecule has 0 bridgehead atoms. The van der Waals surface area contributed by atoms with E-state index in [9.17, 15) is 27.6 Å². The summed E-state index contributed by atoms with van der Waals surface area (Å²) < 4.78 is 37.7. The highest BCUT2D eigenvalue weighted by molar-refractivity contribution is 6.42. The van der Waals surface area contributed by atoms with Crippen LogP contribution in [0, 0.1) is 11.8 Å². The molecule has 9 nitrogen and oxygen atoms in total. The van der Waals surface area contributed by atoms with Gasteiger partial charge in [0.25, 0.3) is 5.91 Å². The molecule has 1 saturated carbocycles. The first-order valence-corrected chi connectivity index (χ1v) is 13.9. The van der Waals surface area contributed by atoms with Gasteiger partial charge in [-0.1, -0.05) is 23.2 Å². The van der Waals surface area contributed by atoms with Crippen molar-refractivity contribution >= 4 is 46.6 Å². The summed E-state index contributed by atoms with van der Waals surface area (Å²) in [5, 5.41) is 2.46. The van der Waals surface area contributed by atoms with Gasteiger partial charge in [0.15, 0.2) is 0 Å². The van der Waals surface area contributed by atoms with Crippen LogP contribution in [0.15, 0.2) is 18.2 Å². The van der Waals surface area contributed by atoms with Gasteiger partial charge in [-0.3, -0.25) is 25.2 Å². The van der Waals surface area contributed by atoms with Crippen LogP contribution in [0.2, 0.25) is 10.0 Å². The van der Waals surface area contributed by atoms with Gasteiger partial charge in [0, 0.05) is 37.3 Å². The number of hydrogen-bond acceptors (Lipinski definition) is 6. The maximum atomic E-state index is 13.8. The molecule has 4 aliphatic rings. The second kappa shape index (κ2) is 10.9. The molecular weight excluding hydrogens is 560 g/mol. The van der Waals surface area contributed by atoms with Gasteiger partial charge >= 0.3 is 6.18 Å². The van der Waals surface area contributed by atoms with Crippen LogP contribution in [0.5, 0.6) is 0 Å². The zero-order valence-corrected chi connectivity index (χ0v) is 22.7. The van der Waals surface area contributed by atoms with Crippen LogP contribution in [0.25, 0.3) is 0 Å². The number of alkyl halides is 3. The third-order valence-corrected chi connectivity index (χ3v) is 9.17. The van der Waals surface area contributed by atoms with Crippen molar-refractivity contribution in [3.8, 4) is 0 Å². The smallest absolute Gasteiger partial charge is 0.345 e. The average Bonchev–Trinajstić information content (AvgIpc) is 3.47. The van der Waals surface area contributed by atoms with E-state index in [2.05, 4.69) is 10.9 Å². The predicted molar refractivity (Wildman–Crippen MR) is 139 cm³/mol. The third-order valence-electron chi connectivity index (χ3n) is 8.44. The molecule has 3 saturated heterocycles. The highest BCUT2D eigenvalue weighted by Crippen LogP contribution is 2.42. The Morgan fingerprint density at radius 3 is 2.56 bits per heavy atom. The molecule has 1 aromatic rings. The lowest BCUT2D eigenvalue weighted by Gasteiger charge is -2.44. The number of rotatable bonds is 5. The molecule has 3 atom stereocenters. The van der Waals surface area contributed by atoms with Crippen LogP contribution < -0.4 is 21.1 Å². The molecular formula is C25H31Cl2F3N6O3. The number of hydrazine groups is 1. The van der Waals surface area contributed by atoms with Gasteiger partial charge in [0.05, 0.1) is 16.7 Å². The highest BCUT2D eigenvalue weighted by atomic mass is 35.5. The predicted octanol–water partition coefficient (Wildman–Crippen LogP) is 2.53. The minimum absolute atomic E-state index is 0.00409. The molecule has 1 aromatic carbocycles. The minimum Gasteiger partial charge on any atom is -0.345 e. The number of fused-ring (bicyclic) bond motifs is 1. The van der Waals surface area contributed by atoms with E-state index < -0.39 is 30.7 Å². The van der Waals surface area contributed by atoms with Gasteiger partial charge in [0.1, 0.15) is 18.6 Å². The number of nitrogens with zero attached hydrogens (tertiary/aromatic N) is 3. The lowest BCUT2D eigenvalue weighted by atomic mass is 9.77. The standard InChI is InChI=1S/C25H31Cl2F3N6O3/c26-18-3-2-17(10-19(18)27)36-14-35(12-21(37)31-13-25(28,29)30)23(39)24(36)5-7-34(8-6-24)22(38)15-1-4-20-16(9-15)11-32-33-20/h2-3,10,15-16,20,32-33H,1,4-9,11-14H2,(H,31,37). The number of carbonyl (C=O) groups excluding carboxylic acids is 3. The van der Waals surface area contributed by atoms with Gasteiger partial charge in [0.2, 0.25) is 11.8 Å². The lowest BCUT2D eigenvalue weighted by molar-refractivity contribution is -0.144. The van der Waals surface area contributed by atoms with E-state index in [1.807, 2.05) is 15.1 Å². The molecule has 3 amide bonds. The van der Waals surface area contributed by atoms with Crippen LogP contribution >= 0.6 is 23.2 Å². The van der Waals surface area contributed by atoms with Crippen molar-refractivity contribution in [2.75, 3.05) is 44.3 Å². The Labute approximate surface area is 234 Å². The normalized spacial score (nSPS) is 26.7. The second-order valence-corrected chi connectivity index (χ2v) is 11.6. The molecule has 1 spiro atoms. The van der Waals surface area contributed by atoms with E-state index in [0.717, 1.165) is 25.8 Å². The molecule has 3 heterocycles. The monoisotopic (exact) mass is 590 g/mol.